The van der Waals surface area contributed by atoms with E-state index in [1.807, 2.05) is 26.0 Å². The van der Waals surface area contributed by atoms with Gasteiger partial charge in [0.25, 0.3) is 0 Å². The molecule has 0 spiro atoms. The average Bonchev–Trinajstić information content (AvgIpc) is 2.75. The van der Waals surface area contributed by atoms with Crippen LogP contribution in [0.4, 0.5) is 0 Å². The Hall–Kier alpha value is -1.38. The van der Waals surface area contributed by atoms with E-state index in [-0.39, 0.29) is 0 Å². The third-order valence-corrected chi connectivity index (χ3v) is 4.97. The van der Waals surface area contributed by atoms with Gasteiger partial charge in [-0.05, 0) is 39.4 Å². The fourth-order valence-corrected chi connectivity index (χ4v) is 3.33. The second-order valence-electron chi connectivity index (χ2n) is 7.12. The fraction of sp³-hybridized carbons (Fsp3) is 0.727. The van der Waals surface area contributed by atoms with Crippen LogP contribution < -0.4 is 15.2 Å². The number of nitrogens with two attached hydrogens (primary N) is 1. The molecule has 0 aromatic heterocycles. The van der Waals surface area contributed by atoms with Crippen molar-refractivity contribution in [3.63, 3.8) is 0 Å². The van der Waals surface area contributed by atoms with Crippen molar-refractivity contribution in [2.75, 3.05) is 78.9 Å². The number of benzene rings is 1. The molecule has 0 aliphatic carbocycles. The van der Waals surface area contributed by atoms with E-state index in [9.17, 15) is 0 Å². The largest absolute Gasteiger partial charge is 0.491 e. The van der Waals surface area contributed by atoms with E-state index in [4.69, 9.17) is 24.7 Å². The Morgan fingerprint density at radius 2 is 1.52 bits per heavy atom. The van der Waals surface area contributed by atoms with Crippen molar-refractivity contribution in [2.45, 2.75) is 26.8 Å². The van der Waals surface area contributed by atoms with Crippen LogP contribution in [0.25, 0.3) is 0 Å². The normalized spacial score (nSPS) is 15.6. The summed E-state index contributed by atoms with van der Waals surface area (Å²) >= 11 is 0. The van der Waals surface area contributed by atoms with E-state index in [0.717, 1.165) is 63.7 Å². The van der Waals surface area contributed by atoms with Crippen LogP contribution in [0.15, 0.2) is 18.2 Å². The maximum atomic E-state index is 6.04. The van der Waals surface area contributed by atoms with E-state index >= 15 is 0 Å². The Kier molecular flexibility index (Phi) is 12.0. The quantitative estimate of drug-likeness (QED) is 0.444. The Morgan fingerprint density at radius 1 is 0.862 bits per heavy atom. The minimum atomic E-state index is 0.538. The van der Waals surface area contributed by atoms with Crippen molar-refractivity contribution in [1.29, 1.82) is 0 Å². The summed E-state index contributed by atoms with van der Waals surface area (Å²) in [4.78, 5) is 4.98. The third kappa shape index (κ3) is 9.31. The predicted molar refractivity (Wildman–Crippen MR) is 116 cm³/mol. The highest BCUT2D eigenvalue weighted by Crippen LogP contribution is 2.27. The average molecular weight is 410 g/mol. The van der Waals surface area contributed by atoms with Gasteiger partial charge in [0.15, 0.2) is 0 Å². The van der Waals surface area contributed by atoms with Crippen molar-refractivity contribution in [1.82, 2.24) is 9.80 Å². The topological polar surface area (TPSA) is 69.4 Å². The summed E-state index contributed by atoms with van der Waals surface area (Å²) in [6.45, 7) is 14.7. The lowest BCUT2D eigenvalue weighted by molar-refractivity contribution is 0.105. The van der Waals surface area contributed by atoms with Crippen LogP contribution in [-0.4, -0.2) is 88.7 Å². The minimum absolute atomic E-state index is 0.538. The van der Waals surface area contributed by atoms with Gasteiger partial charge < -0.3 is 29.6 Å². The van der Waals surface area contributed by atoms with Gasteiger partial charge in [-0.3, -0.25) is 4.90 Å². The molecule has 0 radical (unpaired) electrons. The Labute approximate surface area is 176 Å². The molecule has 0 bridgehead atoms. The number of hydrogen-bond donors (Lipinski definition) is 1. The van der Waals surface area contributed by atoms with Crippen LogP contribution >= 0.6 is 0 Å². The van der Waals surface area contributed by atoms with Crippen LogP contribution in [0, 0.1) is 0 Å². The Morgan fingerprint density at radius 3 is 2.17 bits per heavy atom. The van der Waals surface area contributed by atoms with Crippen LogP contribution in [0.2, 0.25) is 0 Å². The fourth-order valence-electron chi connectivity index (χ4n) is 3.33. The smallest absolute Gasteiger partial charge is 0.127 e. The summed E-state index contributed by atoms with van der Waals surface area (Å²) < 4.78 is 22.6. The predicted octanol–water partition coefficient (Wildman–Crippen LogP) is 1.98. The van der Waals surface area contributed by atoms with Gasteiger partial charge in [0.2, 0.25) is 0 Å². The first-order valence-electron chi connectivity index (χ1n) is 11.0. The zero-order chi connectivity index (χ0) is 20.7. The number of piperazine rings is 1. The third-order valence-electron chi connectivity index (χ3n) is 4.97. The van der Waals surface area contributed by atoms with E-state index in [1.165, 1.54) is 5.56 Å². The first-order chi connectivity index (χ1) is 14.3. The molecule has 1 aromatic carbocycles. The van der Waals surface area contributed by atoms with Crippen LogP contribution in [0.5, 0.6) is 11.5 Å². The SMILES string of the molecule is CCOCCOc1ccc(CN2CCN(CCCN)CC2)c(OCCOCC)c1. The van der Waals surface area contributed by atoms with Crippen molar-refractivity contribution >= 4 is 0 Å². The first-order valence-corrected chi connectivity index (χ1v) is 11.0. The summed E-state index contributed by atoms with van der Waals surface area (Å²) in [6.07, 6.45) is 1.07. The van der Waals surface area contributed by atoms with Gasteiger partial charge in [0.1, 0.15) is 24.7 Å². The van der Waals surface area contributed by atoms with E-state index < -0.39 is 0 Å². The highest BCUT2D eigenvalue weighted by molar-refractivity contribution is 5.41. The van der Waals surface area contributed by atoms with Crippen LogP contribution in [-0.2, 0) is 16.0 Å². The molecule has 2 rings (SSSR count). The summed E-state index contributed by atoms with van der Waals surface area (Å²) in [5.41, 5.74) is 6.82. The second kappa shape index (κ2) is 14.6. The van der Waals surface area contributed by atoms with E-state index in [2.05, 4.69) is 15.9 Å². The molecule has 0 atom stereocenters. The highest BCUT2D eigenvalue weighted by Gasteiger charge is 2.18. The van der Waals surface area contributed by atoms with Crippen molar-refractivity contribution < 1.29 is 18.9 Å². The molecule has 7 heteroatoms. The number of nitrogens with zero attached hydrogens (tertiary/aromatic N) is 2. The maximum Gasteiger partial charge on any atom is 0.127 e. The first kappa shape index (κ1) is 23.9. The second-order valence-corrected chi connectivity index (χ2v) is 7.12. The Balaban J connectivity index is 1.91. The molecule has 29 heavy (non-hydrogen) atoms. The number of rotatable bonds is 15. The van der Waals surface area contributed by atoms with Gasteiger partial charge in [0.05, 0.1) is 13.2 Å². The van der Waals surface area contributed by atoms with Crippen LogP contribution in [0.1, 0.15) is 25.8 Å². The molecule has 0 saturated carbocycles. The summed E-state index contributed by atoms with van der Waals surface area (Å²) in [5, 5.41) is 0. The molecule has 1 aliphatic heterocycles. The van der Waals surface area contributed by atoms with E-state index in [1.54, 1.807) is 0 Å². The van der Waals surface area contributed by atoms with Gasteiger partial charge in [-0.15, -0.1) is 0 Å². The van der Waals surface area contributed by atoms with Gasteiger partial charge in [0, 0.05) is 57.6 Å². The highest BCUT2D eigenvalue weighted by atomic mass is 16.5. The molecule has 0 amide bonds. The van der Waals surface area contributed by atoms with Crippen molar-refractivity contribution in [2.24, 2.45) is 5.73 Å². The number of ether oxygens (including phenoxy) is 4. The maximum absolute atomic E-state index is 6.04. The van der Waals surface area contributed by atoms with Gasteiger partial charge in [-0.2, -0.15) is 0 Å². The molecule has 1 aromatic rings. The summed E-state index contributed by atoms with van der Waals surface area (Å²) in [5.74, 6) is 1.69. The van der Waals surface area contributed by atoms with Crippen molar-refractivity contribution in [3.05, 3.63) is 23.8 Å². The lowest BCUT2D eigenvalue weighted by Crippen LogP contribution is -2.46. The molecular weight excluding hydrogens is 370 g/mol. The van der Waals surface area contributed by atoms with Gasteiger partial charge >= 0.3 is 0 Å². The van der Waals surface area contributed by atoms with Gasteiger partial charge in [-0.1, -0.05) is 6.07 Å². The monoisotopic (exact) mass is 409 g/mol. The molecule has 7 nitrogen and oxygen atoms in total. The molecule has 1 aliphatic rings. The molecule has 0 unspecified atom stereocenters. The standard InChI is InChI=1S/C22H39N3O4/c1-3-26-14-16-28-21-7-6-20(22(18-21)29-17-15-27-4-2)19-25-12-10-24(11-13-25)9-5-8-23/h6-7,18H,3-5,8-17,19,23H2,1-2H3. The molecule has 166 valence electrons. The molecular formula is C22H39N3O4. The van der Waals surface area contributed by atoms with E-state index in [0.29, 0.717) is 39.6 Å². The van der Waals surface area contributed by atoms with Crippen molar-refractivity contribution in [3.8, 4) is 11.5 Å². The molecule has 1 fully saturated rings. The minimum Gasteiger partial charge on any atom is -0.491 e. The lowest BCUT2D eigenvalue weighted by Gasteiger charge is -2.35. The Bertz CT molecular complexity index is 551. The lowest BCUT2D eigenvalue weighted by atomic mass is 10.1. The van der Waals surface area contributed by atoms with Crippen LogP contribution in [0.3, 0.4) is 0 Å². The summed E-state index contributed by atoms with van der Waals surface area (Å²) in [7, 11) is 0. The zero-order valence-electron chi connectivity index (χ0n) is 18.2. The molecule has 2 N–H and O–H groups in total. The number of hydrogen-bond acceptors (Lipinski definition) is 7. The summed E-state index contributed by atoms with van der Waals surface area (Å²) in [6, 6.07) is 6.13. The zero-order valence-corrected chi connectivity index (χ0v) is 18.2. The van der Waals surface area contributed by atoms with Gasteiger partial charge in [-0.25, -0.2) is 0 Å². The molecule has 1 saturated heterocycles. The molecule has 1 heterocycles.